The Labute approximate surface area is 107 Å². The SMILES string of the molecule is CC(Cl)C(=O)Nc1cc(Cl)c(Cl)cc1Cl. The molecule has 1 amide bonds. The predicted octanol–water partition coefficient (Wildman–Crippen LogP) is 4.21. The van der Waals surface area contributed by atoms with E-state index in [1.165, 1.54) is 12.1 Å². The zero-order valence-electron chi connectivity index (χ0n) is 7.65. The van der Waals surface area contributed by atoms with E-state index in [0.717, 1.165) is 0 Å². The van der Waals surface area contributed by atoms with Gasteiger partial charge < -0.3 is 5.32 Å². The number of carbonyl (C=O) groups is 1. The minimum Gasteiger partial charge on any atom is -0.323 e. The standard InChI is InChI=1S/C9H7Cl4NO/c1-4(10)9(15)14-8-3-6(12)5(11)2-7(8)13/h2-4H,1H3,(H,14,15). The molecule has 6 heteroatoms. The highest BCUT2D eigenvalue weighted by atomic mass is 35.5. The second-order valence-corrected chi connectivity index (χ2v) is 4.73. The van der Waals surface area contributed by atoms with Crippen molar-refractivity contribution >= 4 is 58.0 Å². The highest BCUT2D eigenvalue weighted by Crippen LogP contribution is 2.32. The molecule has 1 N–H and O–H groups in total. The molecular formula is C9H7Cl4NO. The smallest absolute Gasteiger partial charge is 0.242 e. The summed E-state index contributed by atoms with van der Waals surface area (Å²) in [5.74, 6) is -0.350. The number of anilines is 1. The summed E-state index contributed by atoms with van der Waals surface area (Å²) in [6, 6.07) is 2.93. The van der Waals surface area contributed by atoms with Gasteiger partial charge in [0.15, 0.2) is 0 Å². The Balaban J connectivity index is 2.96. The summed E-state index contributed by atoms with van der Waals surface area (Å²) in [6.07, 6.45) is 0. The number of alkyl halides is 1. The Hall–Kier alpha value is -0.150. The van der Waals surface area contributed by atoms with Crippen molar-refractivity contribution in [3.63, 3.8) is 0 Å². The van der Waals surface area contributed by atoms with Gasteiger partial charge in [-0.1, -0.05) is 34.8 Å². The molecule has 1 unspecified atom stereocenters. The zero-order chi connectivity index (χ0) is 11.6. The number of hydrogen-bond donors (Lipinski definition) is 1. The van der Waals surface area contributed by atoms with Crippen molar-refractivity contribution in [3.05, 3.63) is 27.2 Å². The van der Waals surface area contributed by atoms with Crippen LogP contribution in [0.1, 0.15) is 6.92 Å². The van der Waals surface area contributed by atoms with E-state index < -0.39 is 5.38 Å². The molecule has 0 saturated carbocycles. The minimum absolute atomic E-state index is 0.315. The fourth-order valence-electron chi connectivity index (χ4n) is 0.851. The number of rotatable bonds is 2. The summed E-state index contributed by atoms with van der Waals surface area (Å²) >= 11 is 22.9. The molecule has 82 valence electrons. The highest BCUT2D eigenvalue weighted by Gasteiger charge is 2.12. The summed E-state index contributed by atoms with van der Waals surface area (Å²) in [4.78, 5) is 11.3. The molecule has 0 radical (unpaired) electrons. The molecule has 0 aliphatic heterocycles. The van der Waals surface area contributed by atoms with Gasteiger partial charge in [-0.3, -0.25) is 4.79 Å². The number of carbonyl (C=O) groups excluding carboxylic acids is 1. The summed E-state index contributed by atoms with van der Waals surface area (Å²) in [7, 11) is 0. The number of benzene rings is 1. The Kier molecular flexibility index (Phi) is 4.53. The first kappa shape index (κ1) is 12.9. The number of amides is 1. The van der Waals surface area contributed by atoms with E-state index in [9.17, 15) is 4.79 Å². The van der Waals surface area contributed by atoms with E-state index in [1.807, 2.05) is 0 Å². The summed E-state index contributed by atoms with van der Waals surface area (Å²) in [5, 5.41) is 2.85. The molecule has 0 spiro atoms. The van der Waals surface area contributed by atoms with Crippen LogP contribution < -0.4 is 5.32 Å². The molecule has 0 heterocycles. The number of halogens is 4. The Morgan fingerprint density at radius 2 is 1.73 bits per heavy atom. The molecule has 0 bridgehead atoms. The van der Waals surface area contributed by atoms with E-state index >= 15 is 0 Å². The van der Waals surface area contributed by atoms with Gasteiger partial charge in [-0.2, -0.15) is 0 Å². The van der Waals surface area contributed by atoms with Crippen LogP contribution >= 0.6 is 46.4 Å². The molecule has 1 aromatic rings. The summed E-state index contributed by atoms with van der Waals surface area (Å²) in [5.41, 5.74) is 0.392. The second-order valence-electron chi connectivity index (χ2n) is 2.85. The second kappa shape index (κ2) is 5.26. The maximum Gasteiger partial charge on any atom is 0.242 e. The molecule has 0 aromatic heterocycles. The maximum atomic E-state index is 11.3. The fourth-order valence-corrected chi connectivity index (χ4v) is 1.50. The van der Waals surface area contributed by atoms with E-state index in [1.54, 1.807) is 6.92 Å². The molecule has 0 aliphatic carbocycles. The third-order valence-electron chi connectivity index (χ3n) is 1.63. The van der Waals surface area contributed by atoms with Gasteiger partial charge >= 0.3 is 0 Å². The lowest BCUT2D eigenvalue weighted by molar-refractivity contribution is -0.115. The molecule has 1 rings (SSSR count). The Morgan fingerprint density at radius 3 is 2.27 bits per heavy atom. The lowest BCUT2D eigenvalue weighted by Gasteiger charge is -2.09. The molecule has 0 fully saturated rings. The first-order valence-electron chi connectivity index (χ1n) is 4.01. The third-order valence-corrected chi connectivity index (χ3v) is 2.86. The summed E-state index contributed by atoms with van der Waals surface area (Å²) < 4.78 is 0. The maximum absolute atomic E-state index is 11.3. The number of hydrogen-bond acceptors (Lipinski definition) is 1. The number of nitrogens with one attached hydrogen (secondary N) is 1. The molecule has 2 nitrogen and oxygen atoms in total. The quantitative estimate of drug-likeness (QED) is 0.640. The van der Waals surface area contributed by atoms with Gasteiger partial charge in [0.25, 0.3) is 0 Å². The Morgan fingerprint density at radius 1 is 1.20 bits per heavy atom. The van der Waals surface area contributed by atoms with Crippen LogP contribution in [0.25, 0.3) is 0 Å². The molecule has 1 atom stereocenters. The van der Waals surface area contributed by atoms with Crippen molar-refractivity contribution in [1.82, 2.24) is 0 Å². The van der Waals surface area contributed by atoms with E-state index in [-0.39, 0.29) is 5.91 Å². The molecule has 0 saturated heterocycles. The average Bonchev–Trinajstić information content (AvgIpc) is 2.13. The van der Waals surface area contributed by atoms with Crippen molar-refractivity contribution in [1.29, 1.82) is 0 Å². The van der Waals surface area contributed by atoms with E-state index in [4.69, 9.17) is 46.4 Å². The molecule has 1 aromatic carbocycles. The van der Waals surface area contributed by atoms with Crippen LogP contribution in [0.2, 0.25) is 15.1 Å². The molecular weight excluding hydrogens is 280 g/mol. The van der Waals surface area contributed by atoms with Crippen LogP contribution in [0.15, 0.2) is 12.1 Å². The van der Waals surface area contributed by atoms with Gasteiger partial charge in [0, 0.05) is 0 Å². The van der Waals surface area contributed by atoms with Crippen molar-refractivity contribution in [2.75, 3.05) is 5.32 Å². The van der Waals surface area contributed by atoms with E-state index in [0.29, 0.717) is 20.8 Å². The van der Waals surface area contributed by atoms with Crippen molar-refractivity contribution < 1.29 is 4.79 Å². The lowest BCUT2D eigenvalue weighted by atomic mass is 10.3. The van der Waals surface area contributed by atoms with Crippen LogP contribution in [0.3, 0.4) is 0 Å². The molecule has 0 aliphatic rings. The van der Waals surface area contributed by atoms with Crippen LogP contribution in [-0.2, 0) is 4.79 Å². The van der Waals surface area contributed by atoms with Gasteiger partial charge in [-0.25, -0.2) is 0 Å². The van der Waals surface area contributed by atoms with Gasteiger partial charge in [-0.15, -0.1) is 11.6 Å². The minimum atomic E-state index is -0.643. The zero-order valence-corrected chi connectivity index (χ0v) is 10.7. The highest BCUT2D eigenvalue weighted by molar-refractivity contribution is 6.44. The van der Waals surface area contributed by atoms with Crippen LogP contribution in [0.5, 0.6) is 0 Å². The molecule has 15 heavy (non-hydrogen) atoms. The van der Waals surface area contributed by atoms with Gasteiger partial charge in [0.2, 0.25) is 5.91 Å². The first-order chi connectivity index (χ1) is 6.91. The van der Waals surface area contributed by atoms with Crippen molar-refractivity contribution in [3.8, 4) is 0 Å². The fraction of sp³-hybridized carbons (Fsp3) is 0.222. The lowest BCUT2D eigenvalue weighted by Crippen LogP contribution is -2.20. The first-order valence-corrected chi connectivity index (χ1v) is 5.58. The Bertz CT molecular complexity index is 392. The normalized spacial score (nSPS) is 12.3. The van der Waals surface area contributed by atoms with Gasteiger partial charge in [-0.05, 0) is 19.1 Å². The summed E-state index contributed by atoms with van der Waals surface area (Å²) in [6.45, 7) is 1.56. The van der Waals surface area contributed by atoms with Crippen LogP contribution in [0, 0.1) is 0 Å². The van der Waals surface area contributed by atoms with Crippen LogP contribution in [-0.4, -0.2) is 11.3 Å². The van der Waals surface area contributed by atoms with Crippen molar-refractivity contribution in [2.45, 2.75) is 12.3 Å². The van der Waals surface area contributed by atoms with E-state index in [2.05, 4.69) is 5.32 Å². The largest absolute Gasteiger partial charge is 0.323 e. The third kappa shape index (κ3) is 3.42. The van der Waals surface area contributed by atoms with Gasteiger partial charge in [0.05, 0.1) is 20.8 Å². The average molecular weight is 287 g/mol. The van der Waals surface area contributed by atoms with Crippen LogP contribution in [0.4, 0.5) is 5.69 Å². The predicted molar refractivity (Wildman–Crippen MR) is 65.4 cm³/mol. The topological polar surface area (TPSA) is 29.1 Å². The monoisotopic (exact) mass is 285 g/mol. The van der Waals surface area contributed by atoms with Crippen molar-refractivity contribution in [2.24, 2.45) is 0 Å². The van der Waals surface area contributed by atoms with Gasteiger partial charge in [0.1, 0.15) is 5.38 Å².